The number of hydrogen-bond acceptors (Lipinski definition) is 3. The molecule has 2 rings (SSSR count). The Hall–Kier alpha value is -1.63. The van der Waals surface area contributed by atoms with Gasteiger partial charge in [0.2, 0.25) is 5.91 Å². The molecule has 7 heteroatoms. The van der Waals surface area contributed by atoms with Crippen molar-refractivity contribution in [3.05, 3.63) is 34.3 Å². The van der Waals surface area contributed by atoms with Crippen molar-refractivity contribution in [2.24, 2.45) is 0 Å². The highest BCUT2D eigenvalue weighted by atomic mass is 79.9. The van der Waals surface area contributed by atoms with Crippen LogP contribution >= 0.6 is 15.9 Å². The fourth-order valence-electron chi connectivity index (χ4n) is 1.99. The highest BCUT2D eigenvalue weighted by Crippen LogP contribution is 2.05. The third kappa shape index (κ3) is 4.19. The number of hydrogen-bond donors (Lipinski definition) is 1. The monoisotopic (exact) mass is 339 g/mol. The summed E-state index contributed by atoms with van der Waals surface area (Å²) < 4.78 is 4.43. The van der Waals surface area contributed by atoms with E-state index in [9.17, 15) is 4.79 Å². The van der Waals surface area contributed by atoms with Gasteiger partial charge in [-0.25, -0.2) is 0 Å². The van der Waals surface area contributed by atoms with Gasteiger partial charge in [-0.2, -0.15) is 10.2 Å². The standard InChI is InChI=1S/C13H18BrN5O/c1-10-6-11(2)19(17-10)5-3-4-15-13(20)9-18-8-12(14)7-16-18/h6-8H,3-5,9H2,1-2H3,(H,15,20). The fourth-order valence-corrected chi connectivity index (χ4v) is 2.31. The van der Waals surface area contributed by atoms with Crippen LogP contribution in [0, 0.1) is 13.8 Å². The molecule has 6 nitrogen and oxygen atoms in total. The molecule has 0 saturated carbocycles. The Morgan fingerprint density at radius 1 is 1.45 bits per heavy atom. The van der Waals surface area contributed by atoms with Crippen LogP contribution in [0.1, 0.15) is 17.8 Å². The van der Waals surface area contributed by atoms with Gasteiger partial charge in [-0.05, 0) is 42.3 Å². The summed E-state index contributed by atoms with van der Waals surface area (Å²) in [5.74, 6) is -0.0334. The van der Waals surface area contributed by atoms with Crippen molar-refractivity contribution in [1.82, 2.24) is 24.9 Å². The van der Waals surface area contributed by atoms with E-state index in [1.807, 2.05) is 24.6 Å². The van der Waals surface area contributed by atoms with Crippen molar-refractivity contribution in [1.29, 1.82) is 0 Å². The van der Waals surface area contributed by atoms with Crippen LogP contribution in [0.4, 0.5) is 0 Å². The molecule has 0 aliphatic carbocycles. The number of halogens is 1. The van der Waals surface area contributed by atoms with Crippen LogP contribution in [0.3, 0.4) is 0 Å². The van der Waals surface area contributed by atoms with Crippen molar-refractivity contribution < 1.29 is 4.79 Å². The minimum atomic E-state index is -0.0334. The summed E-state index contributed by atoms with van der Waals surface area (Å²) in [4.78, 5) is 11.7. The molecule has 0 unspecified atom stereocenters. The van der Waals surface area contributed by atoms with Crippen LogP contribution in [0.15, 0.2) is 22.9 Å². The van der Waals surface area contributed by atoms with E-state index in [-0.39, 0.29) is 12.5 Å². The smallest absolute Gasteiger partial charge is 0.241 e. The summed E-state index contributed by atoms with van der Waals surface area (Å²) in [7, 11) is 0. The zero-order valence-electron chi connectivity index (χ0n) is 11.6. The molecule has 0 aliphatic rings. The second-order valence-corrected chi connectivity index (χ2v) is 5.63. The Morgan fingerprint density at radius 2 is 2.25 bits per heavy atom. The third-order valence-corrected chi connectivity index (χ3v) is 3.29. The van der Waals surface area contributed by atoms with E-state index in [0.717, 1.165) is 28.8 Å². The molecule has 0 radical (unpaired) electrons. The molecule has 2 aromatic rings. The second-order valence-electron chi connectivity index (χ2n) is 4.71. The summed E-state index contributed by atoms with van der Waals surface area (Å²) in [5.41, 5.74) is 2.17. The normalized spacial score (nSPS) is 10.8. The maximum atomic E-state index is 11.7. The quantitative estimate of drug-likeness (QED) is 0.814. The minimum Gasteiger partial charge on any atom is -0.354 e. The minimum absolute atomic E-state index is 0.0334. The number of nitrogens with zero attached hydrogens (tertiary/aromatic N) is 4. The lowest BCUT2D eigenvalue weighted by Crippen LogP contribution is -2.29. The summed E-state index contributed by atoms with van der Waals surface area (Å²) in [6, 6.07) is 2.05. The number of nitrogens with one attached hydrogen (secondary N) is 1. The lowest BCUT2D eigenvalue weighted by atomic mass is 10.4. The molecule has 1 amide bonds. The van der Waals surface area contributed by atoms with Gasteiger partial charge in [0.25, 0.3) is 0 Å². The molecule has 0 atom stereocenters. The highest BCUT2D eigenvalue weighted by molar-refractivity contribution is 9.10. The Morgan fingerprint density at radius 3 is 2.85 bits per heavy atom. The van der Waals surface area contributed by atoms with Gasteiger partial charge in [-0.1, -0.05) is 0 Å². The molecule has 0 bridgehead atoms. The van der Waals surface area contributed by atoms with Crippen LogP contribution in [0.25, 0.3) is 0 Å². The predicted molar refractivity (Wildman–Crippen MR) is 79.3 cm³/mol. The summed E-state index contributed by atoms with van der Waals surface area (Å²) >= 11 is 3.30. The summed E-state index contributed by atoms with van der Waals surface area (Å²) in [5, 5.41) is 11.3. The van der Waals surface area contributed by atoms with Gasteiger partial charge in [-0.3, -0.25) is 14.2 Å². The topological polar surface area (TPSA) is 64.7 Å². The maximum Gasteiger partial charge on any atom is 0.241 e. The van der Waals surface area contributed by atoms with E-state index in [0.29, 0.717) is 6.54 Å². The van der Waals surface area contributed by atoms with E-state index in [1.54, 1.807) is 17.1 Å². The first-order valence-corrected chi connectivity index (χ1v) is 7.29. The van der Waals surface area contributed by atoms with Crippen LogP contribution in [0.2, 0.25) is 0 Å². The number of aryl methyl sites for hydroxylation is 3. The first-order chi connectivity index (χ1) is 9.54. The van der Waals surface area contributed by atoms with Gasteiger partial charge in [0.15, 0.2) is 0 Å². The Kier molecular flexibility index (Phi) is 4.94. The lowest BCUT2D eigenvalue weighted by Gasteiger charge is -2.06. The molecule has 20 heavy (non-hydrogen) atoms. The van der Waals surface area contributed by atoms with E-state index in [2.05, 4.69) is 31.4 Å². The largest absolute Gasteiger partial charge is 0.354 e. The maximum absolute atomic E-state index is 11.7. The Balaban J connectivity index is 1.68. The number of carbonyl (C=O) groups excluding carboxylic acids is 1. The third-order valence-electron chi connectivity index (χ3n) is 2.88. The molecule has 1 N–H and O–H groups in total. The van der Waals surface area contributed by atoms with E-state index in [1.165, 1.54) is 0 Å². The average molecular weight is 340 g/mol. The zero-order valence-corrected chi connectivity index (χ0v) is 13.2. The lowest BCUT2D eigenvalue weighted by molar-refractivity contribution is -0.121. The van der Waals surface area contributed by atoms with Crippen LogP contribution in [-0.4, -0.2) is 32.0 Å². The van der Waals surface area contributed by atoms with Gasteiger partial charge < -0.3 is 5.32 Å². The molecule has 0 aromatic carbocycles. The van der Waals surface area contributed by atoms with Gasteiger partial charge in [0, 0.05) is 25.0 Å². The number of carbonyl (C=O) groups is 1. The molecule has 0 aliphatic heterocycles. The van der Waals surface area contributed by atoms with Crippen molar-refractivity contribution in [2.45, 2.75) is 33.4 Å². The number of amides is 1. The zero-order chi connectivity index (χ0) is 14.5. The second kappa shape index (κ2) is 6.69. The number of aromatic nitrogens is 4. The number of rotatable bonds is 6. The van der Waals surface area contributed by atoms with Crippen molar-refractivity contribution in [3.8, 4) is 0 Å². The molecular weight excluding hydrogens is 322 g/mol. The molecule has 2 heterocycles. The average Bonchev–Trinajstić information content (AvgIpc) is 2.91. The predicted octanol–water partition coefficient (Wildman–Crippen LogP) is 1.67. The molecule has 0 fully saturated rings. The van der Waals surface area contributed by atoms with E-state index in [4.69, 9.17) is 0 Å². The molecule has 0 spiro atoms. The van der Waals surface area contributed by atoms with E-state index >= 15 is 0 Å². The van der Waals surface area contributed by atoms with Crippen molar-refractivity contribution >= 4 is 21.8 Å². The highest BCUT2D eigenvalue weighted by Gasteiger charge is 2.04. The first kappa shape index (κ1) is 14.8. The Labute approximate surface area is 126 Å². The molecule has 2 aromatic heterocycles. The van der Waals surface area contributed by atoms with Crippen molar-refractivity contribution in [2.75, 3.05) is 6.54 Å². The van der Waals surface area contributed by atoms with Gasteiger partial charge in [-0.15, -0.1) is 0 Å². The fraction of sp³-hybridized carbons (Fsp3) is 0.462. The molecule has 0 saturated heterocycles. The van der Waals surface area contributed by atoms with Crippen molar-refractivity contribution in [3.63, 3.8) is 0 Å². The van der Waals surface area contributed by atoms with Gasteiger partial charge >= 0.3 is 0 Å². The SMILES string of the molecule is Cc1cc(C)n(CCCNC(=O)Cn2cc(Br)cn2)n1. The van der Waals surface area contributed by atoms with Gasteiger partial charge in [0.1, 0.15) is 6.54 Å². The summed E-state index contributed by atoms with van der Waals surface area (Å²) in [6.07, 6.45) is 4.29. The molecular formula is C13H18BrN5O. The molecule has 108 valence electrons. The Bertz CT molecular complexity index is 589. The first-order valence-electron chi connectivity index (χ1n) is 6.50. The van der Waals surface area contributed by atoms with Gasteiger partial charge in [0.05, 0.1) is 16.4 Å². The summed E-state index contributed by atoms with van der Waals surface area (Å²) in [6.45, 7) is 5.71. The van der Waals surface area contributed by atoms with Crippen LogP contribution in [-0.2, 0) is 17.9 Å². The van der Waals surface area contributed by atoms with Crippen LogP contribution < -0.4 is 5.32 Å². The van der Waals surface area contributed by atoms with Crippen LogP contribution in [0.5, 0.6) is 0 Å². The van der Waals surface area contributed by atoms with E-state index < -0.39 is 0 Å².